The van der Waals surface area contributed by atoms with Gasteiger partial charge in [0.15, 0.2) is 5.79 Å². The zero-order valence-electron chi connectivity index (χ0n) is 10.8. The summed E-state index contributed by atoms with van der Waals surface area (Å²) in [6.45, 7) is 1.87. The van der Waals surface area contributed by atoms with Gasteiger partial charge in [-0.2, -0.15) is 0 Å². The summed E-state index contributed by atoms with van der Waals surface area (Å²) in [5.74, 6) is -0.215. The van der Waals surface area contributed by atoms with Crippen LogP contribution in [0.3, 0.4) is 0 Å². The van der Waals surface area contributed by atoms with E-state index in [1.807, 2.05) is 0 Å². The highest BCUT2D eigenvalue weighted by Gasteiger charge is 2.40. The molecule has 0 unspecified atom stereocenters. The second-order valence-electron chi connectivity index (χ2n) is 4.86. The van der Waals surface area contributed by atoms with Crippen molar-refractivity contribution >= 4 is 10.0 Å². The average molecular weight is 278 g/mol. The van der Waals surface area contributed by atoms with Gasteiger partial charge in [0.25, 0.3) is 0 Å². The van der Waals surface area contributed by atoms with Gasteiger partial charge in [-0.25, -0.2) is 13.1 Å². The zero-order valence-corrected chi connectivity index (χ0v) is 11.6. The van der Waals surface area contributed by atoms with Crippen molar-refractivity contribution in [2.75, 3.05) is 32.6 Å². The minimum Gasteiger partial charge on any atom is -0.348 e. The molecule has 1 saturated carbocycles. The van der Waals surface area contributed by atoms with E-state index in [1.165, 1.54) is 7.05 Å². The van der Waals surface area contributed by atoms with E-state index in [0.29, 0.717) is 25.8 Å². The first-order valence-corrected chi connectivity index (χ1v) is 8.13. The van der Waals surface area contributed by atoms with E-state index in [2.05, 4.69) is 10.0 Å². The minimum absolute atomic E-state index is 0.123. The molecule has 0 amide bonds. The van der Waals surface area contributed by atoms with E-state index in [-0.39, 0.29) is 11.5 Å². The average Bonchev–Trinajstić information content (AvgIpc) is 2.81. The highest BCUT2D eigenvalue weighted by Crippen LogP contribution is 2.35. The van der Waals surface area contributed by atoms with E-state index in [0.717, 1.165) is 25.7 Å². The summed E-state index contributed by atoms with van der Waals surface area (Å²) >= 11 is 0. The van der Waals surface area contributed by atoms with Crippen LogP contribution in [-0.2, 0) is 19.5 Å². The maximum atomic E-state index is 11.3. The lowest BCUT2D eigenvalue weighted by atomic mass is 9.90. The van der Waals surface area contributed by atoms with Crippen LogP contribution in [0.5, 0.6) is 0 Å². The molecule has 0 aromatic carbocycles. The monoisotopic (exact) mass is 278 g/mol. The Bertz CT molecular complexity index is 355. The van der Waals surface area contributed by atoms with Crippen molar-refractivity contribution in [1.29, 1.82) is 0 Å². The summed E-state index contributed by atoms with van der Waals surface area (Å²) in [6.07, 6.45) is 3.73. The van der Waals surface area contributed by atoms with E-state index < -0.39 is 10.0 Å². The molecule has 1 spiro atoms. The van der Waals surface area contributed by atoms with Crippen LogP contribution < -0.4 is 10.0 Å². The molecule has 2 fully saturated rings. The van der Waals surface area contributed by atoms with Gasteiger partial charge in [0.1, 0.15) is 0 Å². The van der Waals surface area contributed by atoms with Gasteiger partial charge in [-0.05, 0) is 19.9 Å². The lowest BCUT2D eigenvalue weighted by molar-refractivity contribution is -0.179. The summed E-state index contributed by atoms with van der Waals surface area (Å²) in [5, 5.41) is 3.29. The molecular weight excluding hydrogens is 256 g/mol. The number of hydrogen-bond donors (Lipinski definition) is 2. The summed E-state index contributed by atoms with van der Waals surface area (Å²) < 4.78 is 36.1. The van der Waals surface area contributed by atoms with Crippen LogP contribution in [0.15, 0.2) is 0 Å². The van der Waals surface area contributed by atoms with Gasteiger partial charge < -0.3 is 14.8 Å². The topological polar surface area (TPSA) is 76.7 Å². The van der Waals surface area contributed by atoms with Gasteiger partial charge in [-0.1, -0.05) is 0 Å². The number of nitrogens with one attached hydrogen (secondary N) is 2. The summed E-state index contributed by atoms with van der Waals surface area (Å²) in [5.41, 5.74) is 0. The van der Waals surface area contributed by atoms with E-state index >= 15 is 0 Å². The number of sulfonamides is 1. The summed E-state index contributed by atoms with van der Waals surface area (Å²) in [6, 6.07) is 0.371. The Balaban J connectivity index is 1.68. The Morgan fingerprint density at radius 1 is 1.22 bits per heavy atom. The lowest BCUT2D eigenvalue weighted by Crippen LogP contribution is -2.43. The van der Waals surface area contributed by atoms with Crippen LogP contribution in [0.4, 0.5) is 0 Å². The second kappa shape index (κ2) is 5.83. The quantitative estimate of drug-likeness (QED) is 0.729. The largest absolute Gasteiger partial charge is 0.348 e. The van der Waals surface area contributed by atoms with Crippen LogP contribution in [0, 0.1) is 0 Å². The van der Waals surface area contributed by atoms with Crippen molar-refractivity contribution < 1.29 is 17.9 Å². The number of rotatable bonds is 5. The Labute approximate surface area is 108 Å². The molecule has 1 aliphatic heterocycles. The van der Waals surface area contributed by atoms with Gasteiger partial charge >= 0.3 is 0 Å². The van der Waals surface area contributed by atoms with E-state index in [4.69, 9.17) is 9.47 Å². The van der Waals surface area contributed by atoms with Crippen LogP contribution in [0.1, 0.15) is 25.7 Å². The first kappa shape index (κ1) is 14.2. The Kier molecular flexibility index (Phi) is 4.60. The molecule has 1 saturated heterocycles. The first-order chi connectivity index (χ1) is 8.55. The van der Waals surface area contributed by atoms with Crippen LogP contribution >= 0.6 is 0 Å². The highest BCUT2D eigenvalue weighted by atomic mass is 32.2. The van der Waals surface area contributed by atoms with Crippen molar-refractivity contribution in [2.45, 2.75) is 37.5 Å². The van der Waals surface area contributed by atoms with Crippen molar-refractivity contribution in [2.24, 2.45) is 0 Å². The SMILES string of the molecule is CNS(=O)(=O)CCNC1CCC2(CC1)OCCO2. The molecule has 0 atom stereocenters. The molecule has 18 heavy (non-hydrogen) atoms. The third-order valence-electron chi connectivity index (χ3n) is 3.68. The Morgan fingerprint density at radius 2 is 1.83 bits per heavy atom. The third-order valence-corrected chi connectivity index (χ3v) is 5.04. The third kappa shape index (κ3) is 3.64. The zero-order chi connectivity index (χ0) is 13.1. The summed E-state index contributed by atoms with van der Waals surface area (Å²) in [7, 11) is -1.67. The smallest absolute Gasteiger partial charge is 0.212 e. The van der Waals surface area contributed by atoms with Crippen molar-refractivity contribution in [3.63, 3.8) is 0 Å². The lowest BCUT2D eigenvalue weighted by Gasteiger charge is -2.35. The number of ether oxygens (including phenoxy) is 2. The standard InChI is InChI=1S/C11H22N2O4S/c1-12-18(14,15)9-6-13-10-2-4-11(5-3-10)16-7-8-17-11/h10,12-13H,2-9H2,1H3. The van der Waals surface area contributed by atoms with Crippen molar-refractivity contribution in [1.82, 2.24) is 10.0 Å². The molecule has 1 heterocycles. The molecule has 2 N–H and O–H groups in total. The van der Waals surface area contributed by atoms with Gasteiger partial charge in [-0.3, -0.25) is 0 Å². The van der Waals surface area contributed by atoms with Gasteiger partial charge in [0, 0.05) is 25.4 Å². The van der Waals surface area contributed by atoms with E-state index in [9.17, 15) is 8.42 Å². The molecule has 2 aliphatic rings. The van der Waals surface area contributed by atoms with Crippen molar-refractivity contribution in [3.8, 4) is 0 Å². The fraction of sp³-hybridized carbons (Fsp3) is 1.00. The second-order valence-corrected chi connectivity index (χ2v) is 6.90. The predicted octanol–water partition coefficient (Wildman–Crippen LogP) is -0.189. The Hall–Kier alpha value is -0.210. The minimum atomic E-state index is -3.10. The van der Waals surface area contributed by atoms with Crippen LogP contribution in [-0.4, -0.2) is 52.8 Å². The normalized spacial score (nSPS) is 24.7. The van der Waals surface area contributed by atoms with Gasteiger partial charge in [0.2, 0.25) is 10.0 Å². The predicted molar refractivity (Wildman–Crippen MR) is 67.7 cm³/mol. The molecule has 106 valence electrons. The molecule has 6 nitrogen and oxygen atoms in total. The first-order valence-electron chi connectivity index (χ1n) is 6.48. The highest BCUT2D eigenvalue weighted by molar-refractivity contribution is 7.89. The molecule has 7 heteroatoms. The summed E-state index contributed by atoms with van der Waals surface area (Å²) in [4.78, 5) is 0. The molecule has 2 rings (SSSR count). The molecular formula is C11H22N2O4S. The van der Waals surface area contributed by atoms with E-state index in [1.54, 1.807) is 0 Å². The van der Waals surface area contributed by atoms with Gasteiger partial charge in [0.05, 0.1) is 19.0 Å². The molecule has 0 radical (unpaired) electrons. The maximum absolute atomic E-state index is 11.3. The molecule has 0 aromatic heterocycles. The molecule has 0 bridgehead atoms. The van der Waals surface area contributed by atoms with Gasteiger partial charge in [-0.15, -0.1) is 0 Å². The molecule has 1 aliphatic carbocycles. The van der Waals surface area contributed by atoms with Crippen LogP contribution in [0.2, 0.25) is 0 Å². The van der Waals surface area contributed by atoms with Crippen LogP contribution in [0.25, 0.3) is 0 Å². The number of hydrogen-bond acceptors (Lipinski definition) is 5. The fourth-order valence-electron chi connectivity index (χ4n) is 2.55. The molecule has 0 aromatic rings. The Morgan fingerprint density at radius 3 is 2.39 bits per heavy atom. The fourth-order valence-corrected chi connectivity index (χ4v) is 3.14. The van der Waals surface area contributed by atoms with Crippen molar-refractivity contribution in [3.05, 3.63) is 0 Å². The maximum Gasteiger partial charge on any atom is 0.212 e.